The van der Waals surface area contributed by atoms with Crippen molar-refractivity contribution in [3.05, 3.63) is 77.1 Å². The molecule has 4 aromatic rings. The Bertz CT molecular complexity index is 1490. The van der Waals surface area contributed by atoms with Gasteiger partial charge in [0.1, 0.15) is 11.5 Å². The Hall–Kier alpha value is -3.63. The molecule has 0 saturated heterocycles. The molecule has 3 aromatic carbocycles. The molecule has 0 saturated carbocycles. The average molecular weight is 484 g/mol. The number of benzene rings is 3. The second-order valence-electron chi connectivity index (χ2n) is 7.05. The van der Waals surface area contributed by atoms with E-state index in [9.17, 15) is 13.2 Å². The van der Waals surface area contributed by atoms with Crippen LogP contribution in [0, 0.1) is 0 Å². The quantitative estimate of drug-likeness (QED) is 0.450. The van der Waals surface area contributed by atoms with Gasteiger partial charge in [-0.3, -0.25) is 9.52 Å². The van der Waals surface area contributed by atoms with E-state index in [1.807, 2.05) is 29.8 Å². The van der Waals surface area contributed by atoms with Crippen molar-refractivity contribution >= 4 is 43.2 Å². The molecule has 33 heavy (non-hydrogen) atoms. The maximum Gasteiger partial charge on any atom is 0.279 e. The van der Waals surface area contributed by atoms with Crippen molar-refractivity contribution in [1.82, 2.24) is 4.57 Å². The van der Waals surface area contributed by atoms with Crippen molar-refractivity contribution < 1.29 is 22.7 Å². The zero-order valence-electron chi connectivity index (χ0n) is 18.1. The molecule has 0 bridgehead atoms. The molecule has 1 N–H and O–H groups in total. The van der Waals surface area contributed by atoms with Gasteiger partial charge in [0.05, 0.1) is 29.3 Å². The molecule has 0 aliphatic rings. The van der Waals surface area contributed by atoms with E-state index in [1.165, 1.54) is 54.8 Å². The molecule has 1 heterocycles. The van der Waals surface area contributed by atoms with E-state index in [0.29, 0.717) is 21.8 Å². The van der Waals surface area contributed by atoms with Gasteiger partial charge in [0, 0.05) is 18.3 Å². The van der Waals surface area contributed by atoms with Crippen LogP contribution in [0.15, 0.2) is 76.6 Å². The monoisotopic (exact) mass is 483 g/mol. The van der Waals surface area contributed by atoms with Crippen molar-refractivity contribution in [3.8, 4) is 11.5 Å². The van der Waals surface area contributed by atoms with Crippen molar-refractivity contribution in [2.75, 3.05) is 18.9 Å². The summed E-state index contributed by atoms with van der Waals surface area (Å²) < 4.78 is 40.8. The minimum absolute atomic E-state index is 0.104. The second-order valence-corrected chi connectivity index (χ2v) is 9.74. The van der Waals surface area contributed by atoms with Crippen LogP contribution in [0.3, 0.4) is 0 Å². The average Bonchev–Trinajstić information content (AvgIpc) is 3.13. The molecule has 0 atom stereocenters. The Balaban J connectivity index is 1.55. The van der Waals surface area contributed by atoms with Gasteiger partial charge in [-0.15, -0.1) is 0 Å². The molecule has 1 aromatic heterocycles. The summed E-state index contributed by atoms with van der Waals surface area (Å²) in [6.45, 7) is 0. The lowest BCUT2D eigenvalue weighted by molar-refractivity contribution is 0.0998. The van der Waals surface area contributed by atoms with E-state index in [-0.39, 0.29) is 4.90 Å². The molecule has 10 heteroatoms. The Morgan fingerprint density at radius 1 is 0.939 bits per heavy atom. The number of hydrogen-bond donors (Lipinski definition) is 1. The van der Waals surface area contributed by atoms with Gasteiger partial charge in [-0.05, 0) is 66.7 Å². The zero-order chi connectivity index (χ0) is 23.6. The van der Waals surface area contributed by atoms with Gasteiger partial charge in [0.25, 0.3) is 15.9 Å². The summed E-state index contributed by atoms with van der Waals surface area (Å²) in [5, 5.41) is 0. The van der Waals surface area contributed by atoms with Crippen LogP contribution in [0.4, 0.5) is 5.69 Å². The highest BCUT2D eigenvalue weighted by Gasteiger charge is 2.15. The fourth-order valence-corrected chi connectivity index (χ4v) is 5.25. The number of methoxy groups -OCH3 is 2. The molecule has 0 unspecified atom stereocenters. The van der Waals surface area contributed by atoms with Gasteiger partial charge in [-0.25, -0.2) is 8.42 Å². The van der Waals surface area contributed by atoms with Crippen LogP contribution in [-0.4, -0.2) is 33.1 Å². The van der Waals surface area contributed by atoms with Gasteiger partial charge in [-0.2, -0.15) is 4.99 Å². The van der Waals surface area contributed by atoms with Crippen LogP contribution in [0.5, 0.6) is 11.5 Å². The van der Waals surface area contributed by atoms with E-state index < -0.39 is 15.9 Å². The van der Waals surface area contributed by atoms with E-state index in [2.05, 4.69) is 9.71 Å². The highest BCUT2D eigenvalue weighted by Crippen LogP contribution is 2.23. The lowest BCUT2D eigenvalue weighted by Crippen LogP contribution is -2.14. The molecule has 0 spiro atoms. The van der Waals surface area contributed by atoms with Gasteiger partial charge in [0.2, 0.25) is 0 Å². The second kappa shape index (κ2) is 9.08. The normalized spacial score (nSPS) is 12.0. The molecule has 170 valence electrons. The number of aromatic nitrogens is 1. The number of aryl methyl sites for hydroxylation is 1. The first-order valence-electron chi connectivity index (χ1n) is 9.80. The first-order chi connectivity index (χ1) is 15.8. The summed E-state index contributed by atoms with van der Waals surface area (Å²) in [5.41, 5.74) is 1.62. The third kappa shape index (κ3) is 4.76. The topological polar surface area (TPSA) is 99.0 Å². The predicted octanol–water partition coefficient (Wildman–Crippen LogP) is 3.80. The van der Waals surface area contributed by atoms with Crippen molar-refractivity contribution in [2.24, 2.45) is 12.0 Å². The number of rotatable bonds is 6. The maximum absolute atomic E-state index is 12.7. The molecular weight excluding hydrogens is 462 g/mol. The molecule has 0 aliphatic carbocycles. The summed E-state index contributed by atoms with van der Waals surface area (Å²) in [4.78, 5) is 17.6. The Kier molecular flexibility index (Phi) is 6.21. The third-order valence-electron chi connectivity index (χ3n) is 4.97. The first-order valence-corrected chi connectivity index (χ1v) is 12.1. The SMILES string of the molecule is COc1ccc(S(=O)(=O)Nc2ccc(C(=O)N=c3sc4cc(OC)ccc4n3C)cc2)cc1. The van der Waals surface area contributed by atoms with Gasteiger partial charge >= 0.3 is 0 Å². The van der Waals surface area contributed by atoms with Crippen molar-refractivity contribution in [3.63, 3.8) is 0 Å². The molecule has 8 nitrogen and oxygen atoms in total. The molecule has 0 radical (unpaired) electrons. The number of hydrogen-bond acceptors (Lipinski definition) is 6. The largest absolute Gasteiger partial charge is 0.497 e. The minimum atomic E-state index is -3.77. The number of amides is 1. The highest BCUT2D eigenvalue weighted by atomic mass is 32.2. The molecule has 0 aliphatic heterocycles. The molecule has 1 amide bonds. The van der Waals surface area contributed by atoms with Gasteiger partial charge < -0.3 is 14.0 Å². The zero-order valence-corrected chi connectivity index (χ0v) is 19.7. The summed E-state index contributed by atoms with van der Waals surface area (Å²) >= 11 is 1.38. The Morgan fingerprint density at radius 2 is 1.58 bits per heavy atom. The van der Waals surface area contributed by atoms with Crippen LogP contribution in [0.1, 0.15) is 10.4 Å². The number of nitrogens with one attached hydrogen (secondary N) is 1. The van der Waals surface area contributed by atoms with E-state index in [4.69, 9.17) is 9.47 Å². The van der Waals surface area contributed by atoms with Crippen LogP contribution in [-0.2, 0) is 17.1 Å². The maximum atomic E-state index is 12.7. The van der Waals surface area contributed by atoms with Crippen LogP contribution < -0.4 is 19.0 Å². The van der Waals surface area contributed by atoms with Gasteiger partial charge in [-0.1, -0.05) is 11.3 Å². The summed E-state index contributed by atoms with van der Waals surface area (Å²) in [5.74, 6) is 0.871. The molecular formula is C23H21N3O5S2. The Morgan fingerprint density at radius 3 is 2.21 bits per heavy atom. The Labute approximate surface area is 194 Å². The van der Waals surface area contributed by atoms with Crippen LogP contribution in [0.25, 0.3) is 10.2 Å². The van der Waals surface area contributed by atoms with E-state index >= 15 is 0 Å². The summed E-state index contributed by atoms with van der Waals surface area (Å²) in [6, 6.07) is 17.8. The third-order valence-corrected chi connectivity index (χ3v) is 7.46. The van der Waals surface area contributed by atoms with E-state index in [0.717, 1.165) is 16.0 Å². The fourth-order valence-electron chi connectivity index (χ4n) is 3.15. The van der Waals surface area contributed by atoms with Gasteiger partial charge in [0.15, 0.2) is 4.80 Å². The number of nitrogens with zero attached hydrogens (tertiary/aromatic N) is 2. The predicted molar refractivity (Wildman–Crippen MR) is 127 cm³/mol. The number of carbonyl (C=O) groups is 1. The summed E-state index contributed by atoms with van der Waals surface area (Å²) in [7, 11) is 1.18. The smallest absolute Gasteiger partial charge is 0.279 e. The lowest BCUT2D eigenvalue weighted by atomic mass is 10.2. The lowest BCUT2D eigenvalue weighted by Gasteiger charge is -2.09. The number of carbonyl (C=O) groups excluding carboxylic acids is 1. The summed E-state index contributed by atoms with van der Waals surface area (Å²) in [6.07, 6.45) is 0. The number of fused-ring (bicyclic) bond motifs is 1. The van der Waals surface area contributed by atoms with Crippen LogP contribution >= 0.6 is 11.3 Å². The van der Waals surface area contributed by atoms with Crippen LogP contribution in [0.2, 0.25) is 0 Å². The van der Waals surface area contributed by atoms with Crippen molar-refractivity contribution in [2.45, 2.75) is 4.90 Å². The first kappa shape index (κ1) is 22.6. The molecule has 0 fully saturated rings. The number of ether oxygens (including phenoxy) is 2. The number of sulfonamides is 1. The van der Waals surface area contributed by atoms with Crippen molar-refractivity contribution in [1.29, 1.82) is 0 Å². The number of thiazole rings is 1. The minimum Gasteiger partial charge on any atom is -0.497 e. The number of anilines is 1. The molecule has 4 rings (SSSR count). The highest BCUT2D eigenvalue weighted by molar-refractivity contribution is 7.92. The van der Waals surface area contributed by atoms with E-state index in [1.54, 1.807) is 19.2 Å². The fraction of sp³-hybridized carbons (Fsp3) is 0.130. The standard InChI is InChI=1S/C23H21N3O5S2/c1-26-20-13-10-18(31-3)14-21(20)32-23(26)24-22(27)15-4-6-16(7-5-15)25-33(28,29)19-11-8-17(30-2)9-12-19/h4-14,25H,1-3H3.